The smallest absolute Gasteiger partial charge is 0.416 e. The molecule has 0 fully saturated rings. The van der Waals surface area contributed by atoms with Crippen LogP contribution in [0.5, 0.6) is 0 Å². The second kappa shape index (κ2) is 9.30. The SMILES string of the molecule is CCOC(=O)CCC(=O)CC(=O)c1ccc(-c2ccc(C(F)(F)F)cc2)cc1. The lowest BCUT2D eigenvalue weighted by molar-refractivity contribution is -0.144. The van der Waals surface area contributed by atoms with Crippen LogP contribution in [0.15, 0.2) is 48.5 Å². The highest BCUT2D eigenvalue weighted by molar-refractivity contribution is 6.08. The van der Waals surface area contributed by atoms with Crippen molar-refractivity contribution in [2.75, 3.05) is 6.61 Å². The minimum Gasteiger partial charge on any atom is -0.466 e. The van der Waals surface area contributed by atoms with Crippen LogP contribution < -0.4 is 0 Å². The second-order valence-electron chi connectivity index (χ2n) is 6.10. The van der Waals surface area contributed by atoms with Crippen LogP contribution in [-0.2, 0) is 20.5 Å². The molecule has 0 aromatic heterocycles. The first-order valence-electron chi connectivity index (χ1n) is 8.69. The Bertz CT molecular complexity index is 837. The van der Waals surface area contributed by atoms with E-state index in [9.17, 15) is 27.6 Å². The Kier molecular flexibility index (Phi) is 7.09. The van der Waals surface area contributed by atoms with E-state index in [1.807, 2.05) is 0 Å². The molecular formula is C21H19F3O4. The molecule has 2 aromatic rings. The van der Waals surface area contributed by atoms with Crippen LogP contribution in [-0.4, -0.2) is 24.1 Å². The summed E-state index contributed by atoms with van der Waals surface area (Å²) in [6, 6.07) is 11.0. The van der Waals surface area contributed by atoms with Crippen LogP contribution in [0, 0.1) is 0 Å². The molecule has 148 valence electrons. The van der Waals surface area contributed by atoms with Gasteiger partial charge in [0.05, 0.1) is 25.0 Å². The van der Waals surface area contributed by atoms with Gasteiger partial charge in [0, 0.05) is 12.0 Å². The number of rotatable bonds is 8. The van der Waals surface area contributed by atoms with Gasteiger partial charge >= 0.3 is 12.1 Å². The molecule has 0 aliphatic rings. The van der Waals surface area contributed by atoms with Crippen LogP contribution in [0.4, 0.5) is 13.2 Å². The number of hydrogen-bond acceptors (Lipinski definition) is 4. The van der Waals surface area contributed by atoms with Crippen molar-refractivity contribution in [3.63, 3.8) is 0 Å². The molecule has 0 aliphatic heterocycles. The van der Waals surface area contributed by atoms with E-state index in [1.165, 1.54) is 24.3 Å². The molecule has 0 radical (unpaired) electrons. The first kappa shape index (κ1) is 21.3. The van der Waals surface area contributed by atoms with Gasteiger partial charge < -0.3 is 4.74 Å². The molecule has 2 aromatic carbocycles. The fourth-order valence-electron chi connectivity index (χ4n) is 2.54. The third-order valence-corrected chi connectivity index (χ3v) is 4.02. The average Bonchev–Trinajstić information content (AvgIpc) is 2.66. The van der Waals surface area contributed by atoms with E-state index in [1.54, 1.807) is 19.1 Å². The van der Waals surface area contributed by atoms with E-state index >= 15 is 0 Å². The Balaban J connectivity index is 1.97. The van der Waals surface area contributed by atoms with Crippen molar-refractivity contribution in [2.45, 2.75) is 32.4 Å². The van der Waals surface area contributed by atoms with E-state index < -0.39 is 17.7 Å². The Labute approximate surface area is 160 Å². The number of halogens is 3. The third-order valence-electron chi connectivity index (χ3n) is 4.02. The number of Topliss-reactive ketones (excluding diaryl/α,β-unsaturated/α-hetero) is 2. The van der Waals surface area contributed by atoms with Crippen molar-refractivity contribution >= 4 is 17.5 Å². The van der Waals surface area contributed by atoms with Gasteiger partial charge in [-0.2, -0.15) is 13.2 Å². The van der Waals surface area contributed by atoms with Gasteiger partial charge in [0.2, 0.25) is 0 Å². The first-order chi connectivity index (χ1) is 13.2. The van der Waals surface area contributed by atoms with Gasteiger partial charge in [-0.15, -0.1) is 0 Å². The number of alkyl halides is 3. The highest BCUT2D eigenvalue weighted by Gasteiger charge is 2.29. The number of carbonyl (C=O) groups is 3. The predicted octanol–water partition coefficient (Wildman–Crippen LogP) is 4.86. The van der Waals surface area contributed by atoms with Gasteiger partial charge in [-0.25, -0.2) is 0 Å². The van der Waals surface area contributed by atoms with E-state index in [-0.39, 0.29) is 37.4 Å². The number of benzene rings is 2. The predicted molar refractivity (Wildman–Crippen MR) is 96.7 cm³/mol. The van der Waals surface area contributed by atoms with Gasteiger partial charge in [0.25, 0.3) is 0 Å². The quantitative estimate of drug-likeness (QED) is 0.366. The van der Waals surface area contributed by atoms with Crippen molar-refractivity contribution in [3.8, 4) is 11.1 Å². The van der Waals surface area contributed by atoms with Crippen LogP contribution in [0.25, 0.3) is 11.1 Å². The van der Waals surface area contributed by atoms with Crippen LogP contribution in [0.1, 0.15) is 42.1 Å². The fourth-order valence-corrected chi connectivity index (χ4v) is 2.54. The van der Waals surface area contributed by atoms with Gasteiger partial charge in [0.15, 0.2) is 5.78 Å². The summed E-state index contributed by atoms with van der Waals surface area (Å²) in [5, 5.41) is 0. The lowest BCUT2D eigenvalue weighted by atomic mass is 9.99. The van der Waals surface area contributed by atoms with Crippen LogP contribution in [0.3, 0.4) is 0 Å². The monoisotopic (exact) mass is 392 g/mol. The largest absolute Gasteiger partial charge is 0.466 e. The maximum Gasteiger partial charge on any atom is 0.416 e. The van der Waals surface area contributed by atoms with Gasteiger partial charge in [0.1, 0.15) is 5.78 Å². The van der Waals surface area contributed by atoms with Crippen molar-refractivity contribution in [1.29, 1.82) is 0 Å². The standard InChI is InChI=1S/C21H19F3O4/c1-2-28-20(27)12-11-18(25)13-19(26)16-5-3-14(4-6-16)15-7-9-17(10-8-15)21(22,23)24/h3-10H,2,11-13H2,1H3. The highest BCUT2D eigenvalue weighted by Crippen LogP contribution is 2.31. The lowest BCUT2D eigenvalue weighted by Gasteiger charge is -2.08. The molecule has 0 spiro atoms. The Hall–Kier alpha value is -2.96. The Morgan fingerprint density at radius 1 is 0.857 bits per heavy atom. The van der Waals surface area contributed by atoms with Gasteiger partial charge in [-0.05, 0) is 30.2 Å². The molecule has 0 aliphatic carbocycles. The normalized spacial score (nSPS) is 11.1. The number of esters is 1. The van der Waals surface area contributed by atoms with Crippen molar-refractivity contribution in [2.24, 2.45) is 0 Å². The molecule has 0 heterocycles. The summed E-state index contributed by atoms with van der Waals surface area (Å²) < 4.78 is 42.6. The number of ether oxygens (including phenoxy) is 1. The maximum atomic E-state index is 12.6. The Morgan fingerprint density at radius 2 is 1.39 bits per heavy atom. The zero-order chi connectivity index (χ0) is 20.7. The van der Waals surface area contributed by atoms with E-state index in [2.05, 4.69) is 0 Å². The molecule has 28 heavy (non-hydrogen) atoms. The molecule has 4 nitrogen and oxygen atoms in total. The molecule has 2 rings (SSSR count). The second-order valence-corrected chi connectivity index (χ2v) is 6.10. The third kappa shape index (κ3) is 6.04. The molecule has 7 heteroatoms. The van der Waals surface area contributed by atoms with E-state index in [4.69, 9.17) is 4.74 Å². The minimum absolute atomic E-state index is 0.0613. The molecule has 0 amide bonds. The number of ketones is 2. The summed E-state index contributed by atoms with van der Waals surface area (Å²) in [5.74, 6) is -1.22. The van der Waals surface area contributed by atoms with Gasteiger partial charge in [-0.3, -0.25) is 14.4 Å². The van der Waals surface area contributed by atoms with Crippen molar-refractivity contribution in [1.82, 2.24) is 0 Å². The Morgan fingerprint density at radius 3 is 1.89 bits per heavy atom. The molecule has 0 unspecified atom stereocenters. The number of carbonyl (C=O) groups excluding carboxylic acids is 3. The topological polar surface area (TPSA) is 60.4 Å². The van der Waals surface area contributed by atoms with Gasteiger partial charge in [-0.1, -0.05) is 36.4 Å². The molecule has 0 atom stereocenters. The van der Waals surface area contributed by atoms with Crippen molar-refractivity contribution in [3.05, 3.63) is 59.7 Å². The summed E-state index contributed by atoms with van der Waals surface area (Å²) in [4.78, 5) is 35.2. The van der Waals surface area contributed by atoms with E-state index in [0.717, 1.165) is 12.1 Å². The van der Waals surface area contributed by atoms with E-state index in [0.29, 0.717) is 16.7 Å². The lowest BCUT2D eigenvalue weighted by Crippen LogP contribution is -2.11. The van der Waals surface area contributed by atoms with Crippen LogP contribution in [0.2, 0.25) is 0 Å². The summed E-state index contributed by atoms with van der Waals surface area (Å²) in [5.41, 5.74) is 0.820. The minimum atomic E-state index is -4.39. The molecule has 0 saturated carbocycles. The van der Waals surface area contributed by atoms with Crippen molar-refractivity contribution < 1.29 is 32.3 Å². The average molecular weight is 392 g/mol. The van der Waals surface area contributed by atoms with Crippen LogP contribution >= 0.6 is 0 Å². The fraction of sp³-hybridized carbons (Fsp3) is 0.286. The zero-order valence-electron chi connectivity index (χ0n) is 15.2. The maximum absolute atomic E-state index is 12.6. The molecular weight excluding hydrogens is 373 g/mol. The highest BCUT2D eigenvalue weighted by atomic mass is 19.4. The number of hydrogen-bond donors (Lipinski definition) is 0. The summed E-state index contributed by atoms with van der Waals surface area (Å²) in [7, 11) is 0. The summed E-state index contributed by atoms with van der Waals surface area (Å²) >= 11 is 0. The molecule has 0 saturated heterocycles. The first-order valence-corrected chi connectivity index (χ1v) is 8.69. The summed E-state index contributed by atoms with van der Waals surface area (Å²) in [6.45, 7) is 1.90. The summed E-state index contributed by atoms with van der Waals surface area (Å²) in [6.07, 6.45) is -4.84. The molecule has 0 N–H and O–H groups in total. The molecule has 0 bridgehead atoms. The zero-order valence-corrected chi connectivity index (χ0v) is 15.2.